The first-order valence-electron chi connectivity index (χ1n) is 18.2. The Bertz CT molecular complexity index is 1950. The molecule has 4 aromatic carbocycles. The Kier molecular flexibility index (Phi) is 9.16. The molecule has 4 heterocycles. The molecule has 2 aliphatic heterocycles. The number of piperidine rings is 2. The van der Waals surface area contributed by atoms with E-state index in [0.717, 1.165) is 109 Å². The van der Waals surface area contributed by atoms with E-state index in [0.29, 0.717) is 12.8 Å². The van der Waals surface area contributed by atoms with Gasteiger partial charge in [-0.2, -0.15) is 0 Å². The first-order chi connectivity index (χ1) is 24.6. The summed E-state index contributed by atoms with van der Waals surface area (Å²) in [5.74, 6) is 2.10. The fourth-order valence-electron chi connectivity index (χ4n) is 7.83. The van der Waals surface area contributed by atoms with Gasteiger partial charge in [0.2, 0.25) is 11.8 Å². The van der Waals surface area contributed by atoms with Crippen molar-refractivity contribution in [1.82, 2.24) is 29.7 Å². The summed E-state index contributed by atoms with van der Waals surface area (Å²) in [7, 11) is 0. The van der Waals surface area contributed by atoms with Gasteiger partial charge in [-0.3, -0.25) is 9.59 Å². The molecule has 6 aromatic rings. The molecule has 2 N–H and O–H groups in total. The van der Waals surface area contributed by atoms with Crippen molar-refractivity contribution in [2.24, 2.45) is 0 Å². The van der Waals surface area contributed by atoms with Crippen molar-refractivity contribution in [2.45, 2.75) is 76.3 Å². The Hall–Kier alpha value is -5.24. The molecule has 8 heteroatoms. The molecule has 2 atom stereocenters. The van der Waals surface area contributed by atoms with Crippen LogP contribution in [-0.2, 0) is 35.3 Å². The first kappa shape index (κ1) is 32.0. The van der Waals surface area contributed by atoms with E-state index in [9.17, 15) is 9.59 Å². The lowest BCUT2D eigenvalue weighted by Gasteiger charge is -2.34. The monoisotopic (exact) mass is 664 g/mol. The number of nitrogens with zero attached hydrogens (tertiary/aromatic N) is 4. The van der Waals surface area contributed by atoms with Crippen LogP contribution in [-0.4, -0.2) is 54.6 Å². The highest BCUT2D eigenvalue weighted by Crippen LogP contribution is 2.33. The van der Waals surface area contributed by atoms with Gasteiger partial charge in [-0.15, -0.1) is 0 Å². The lowest BCUT2D eigenvalue weighted by Crippen LogP contribution is -2.39. The fraction of sp³-hybridized carbons (Fsp3) is 0.333. The van der Waals surface area contributed by atoms with Gasteiger partial charge in [0, 0.05) is 13.1 Å². The number of fused-ring (bicyclic) bond motifs is 2. The molecule has 0 bridgehead atoms. The van der Waals surface area contributed by atoms with Gasteiger partial charge in [-0.25, -0.2) is 9.97 Å². The maximum absolute atomic E-state index is 13.4. The maximum atomic E-state index is 13.4. The van der Waals surface area contributed by atoms with Crippen molar-refractivity contribution in [2.75, 3.05) is 13.1 Å². The zero-order valence-electron chi connectivity index (χ0n) is 28.5. The number of likely N-dealkylation sites (tertiary alicyclic amines) is 2. The van der Waals surface area contributed by atoms with Crippen LogP contribution >= 0.6 is 0 Å². The molecule has 0 aliphatic carbocycles. The summed E-state index contributed by atoms with van der Waals surface area (Å²) in [6.07, 6.45) is 8.69. The molecule has 0 unspecified atom stereocenters. The summed E-state index contributed by atoms with van der Waals surface area (Å²) in [5, 5.41) is 0. The highest BCUT2D eigenvalue weighted by Gasteiger charge is 2.31. The van der Waals surface area contributed by atoms with Gasteiger partial charge in [0.15, 0.2) is 0 Å². The second-order valence-corrected chi connectivity index (χ2v) is 14.0. The number of nitrogens with one attached hydrogen (secondary N) is 2. The number of imidazole rings is 2. The Morgan fingerprint density at radius 3 is 1.44 bits per heavy atom. The smallest absolute Gasteiger partial charge is 0.227 e. The number of carbonyl (C=O) groups excluding carboxylic acids is 2. The molecular weight excluding hydrogens is 621 g/mol. The minimum atomic E-state index is -0.0241. The van der Waals surface area contributed by atoms with E-state index < -0.39 is 0 Å². The Morgan fingerprint density at radius 2 is 1.00 bits per heavy atom. The van der Waals surface area contributed by atoms with Gasteiger partial charge in [-0.1, -0.05) is 72.8 Å². The highest BCUT2D eigenvalue weighted by atomic mass is 16.2. The van der Waals surface area contributed by atoms with E-state index in [1.54, 1.807) is 0 Å². The van der Waals surface area contributed by atoms with Gasteiger partial charge in [0.25, 0.3) is 0 Å². The Balaban J connectivity index is 0.940. The molecule has 8 nitrogen and oxygen atoms in total. The second-order valence-electron chi connectivity index (χ2n) is 14.0. The van der Waals surface area contributed by atoms with Crippen molar-refractivity contribution >= 4 is 33.9 Å². The summed E-state index contributed by atoms with van der Waals surface area (Å²) >= 11 is 0. The summed E-state index contributed by atoms with van der Waals surface area (Å²) < 4.78 is 0. The Morgan fingerprint density at radius 1 is 0.560 bits per heavy atom. The standard InChI is InChI=1S/C42H44N6O2/c49-39(27-29-11-3-1-4-12-29)47-23-9-7-15-37(47)41-43-33-21-19-31(25-35(33)45-41)17-18-32-20-22-34-36(26-32)46-42(44-34)38-16-8-10-24-48(38)40(50)28-30-13-5-2-6-14-30/h1-6,11-14,19-22,25-26,37-38H,7-10,15-18,23-24,27-28H2,(H,43,45)(H,44,46)/t37-,38-/m0/s1. The number of aromatic nitrogens is 4. The maximum Gasteiger partial charge on any atom is 0.227 e. The summed E-state index contributed by atoms with van der Waals surface area (Å²) in [4.78, 5) is 47.9. The second kappa shape index (κ2) is 14.3. The van der Waals surface area contributed by atoms with Crippen molar-refractivity contribution in [3.05, 3.63) is 131 Å². The molecule has 8 rings (SSSR count). The lowest BCUT2D eigenvalue weighted by atomic mass is 10.00. The molecule has 2 fully saturated rings. The van der Waals surface area contributed by atoms with Crippen molar-refractivity contribution < 1.29 is 9.59 Å². The number of aryl methyl sites for hydroxylation is 2. The summed E-state index contributed by atoms with van der Waals surface area (Å²) in [5.41, 5.74) is 8.47. The molecule has 0 spiro atoms. The number of hydrogen-bond donors (Lipinski definition) is 2. The topological polar surface area (TPSA) is 98.0 Å². The zero-order valence-corrected chi connectivity index (χ0v) is 28.5. The van der Waals surface area contributed by atoms with Crippen LogP contribution < -0.4 is 0 Å². The largest absolute Gasteiger partial charge is 0.340 e. The van der Waals surface area contributed by atoms with Crippen LogP contribution in [0.5, 0.6) is 0 Å². The van der Waals surface area contributed by atoms with Crippen molar-refractivity contribution in [3.63, 3.8) is 0 Å². The minimum absolute atomic E-state index is 0.0241. The number of rotatable bonds is 9. The van der Waals surface area contributed by atoms with E-state index in [1.165, 1.54) is 11.1 Å². The average Bonchev–Trinajstić information content (AvgIpc) is 3.79. The van der Waals surface area contributed by atoms with Crippen LogP contribution in [0, 0.1) is 0 Å². The molecule has 50 heavy (non-hydrogen) atoms. The lowest BCUT2D eigenvalue weighted by molar-refractivity contribution is -0.135. The summed E-state index contributed by atoms with van der Waals surface area (Å²) in [6.45, 7) is 1.54. The highest BCUT2D eigenvalue weighted by molar-refractivity contribution is 5.81. The molecular formula is C42H44N6O2. The van der Waals surface area contributed by atoms with Crippen LogP contribution in [0.3, 0.4) is 0 Å². The molecule has 0 saturated carbocycles. The van der Waals surface area contributed by atoms with Crippen LogP contribution in [0.15, 0.2) is 97.1 Å². The van der Waals surface area contributed by atoms with Crippen molar-refractivity contribution in [3.8, 4) is 0 Å². The van der Waals surface area contributed by atoms with Crippen LogP contribution in [0.1, 0.15) is 84.5 Å². The van der Waals surface area contributed by atoms with Gasteiger partial charge >= 0.3 is 0 Å². The van der Waals surface area contributed by atoms with E-state index in [1.807, 2.05) is 70.5 Å². The van der Waals surface area contributed by atoms with Crippen molar-refractivity contribution in [1.29, 1.82) is 0 Å². The molecule has 2 amide bonds. The molecule has 2 saturated heterocycles. The number of benzene rings is 4. The number of H-pyrrole nitrogens is 2. The van der Waals surface area contributed by atoms with Crippen LogP contribution in [0.4, 0.5) is 0 Å². The number of carbonyl (C=O) groups is 2. The van der Waals surface area contributed by atoms with Gasteiger partial charge in [-0.05, 0) is 97.9 Å². The predicted molar refractivity (Wildman–Crippen MR) is 196 cm³/mol. The minimum Gasteiger partial charge on any atom is -0.340 e. The SMILES string of the molecule is O=C(Cc1ccccc1)N1CCCC[C@H]1c1nc2cc(CCc3ccc4[nH]c([C@@H]5CCCCN5C(=O)Cc5ccccc5)nc4c3)ccc2[nH]1. The average molecular weight is 665 g/mol. The van der Waals surface area contributed by atoms with E-state index in [-0.39, 0.29) is 23.9 Å². The number of amides is 2. The Labute approximate surface area is 292 Å². The number of aromatic amines is 2. The van der Waals surface area contributed by atoms with E-state index in [2.05, 4.69) is 46.4 Å². The van der Waals surface area contributed by atoms with Gasteiger partial charge in [0.1, 0.15) is 11.6 Å². The third kappa shape index (κ3) is 6.93. The van der Waals surface area contributed by atoms with E-state index >= 15 is 0 Å². The molecule has 2 aliphatic rings. The predicted octanol–water partition coefficient (Wildman–Crippen LogP) is 7.82. The zero-order chi connectivity index (χ0) is 33.9. The third-order valence-corrected chi connectivity index (χ3v) is 10.5. The normalized spacial score (nSPS) is 18.2. The van der Waals surface area contributed by atoms with Gasteiger partial charge in [0.05, 0.1) is 47.0 Å². The number of hydrogen-bond acceptors (Lipinski definition) is 4. The van der Waals surface area contributed by atoms with Crippen LogP contribution in [0.2, 0.25) is 0 Å². The quantitative estimate of drug-likeness (QED) is 0.165. The first-order valence-corrected chi connectivity index (χ1v) is 18.2. The molecule has 2 aromatic heterocycles. The third-order valence-electron chi connectivity index (χ3n) is 10.5. The molecule has 254 valence electrons. The van der Waals surface area contributed by atoms with Crippen LogP contribution in [0.25, 0.3) is 22.1 Å². The fourth-order valence-corrected chi connectivity index (χ4v) is 7.83. The summed E-state index contributed by atoms with van der Waals surface area (Å²) in [6, 6.07) is 32.9. The molecule has 0 radical (unpaired) electrons. The van der Waals surface area contributed by atoms with Gasteiger partial charge < -0.3 is 19.8 Å². The van der Waals surface area contributed by atoms with E-state index in [4.69, 9.17) is 9.97 Å².